The number of rotatable bonds is 7. The second-order valence-corrected chi connectivity index (χ2v) is 7.70. The van der Waals surface area contributed by atoms with E-state index in [1.807, 2.05) is 34.9 Å². The molecular formula is C20H26N6O2. The van der Waals surface area contributed by atoms with Gasteiger partial charge < -0.3 is 20.4 Å². The quantitative estimate of drug-likeness (QED) is 0.748. The molecule has 2 heterocycles. The summed E-state index contributed by atoms with van der Waals surface area (Å²) < 4.78 is 7.79. The summed E-state index contributed by atoms with van der Waals surface area (Å²) in [5.41, 5.74) is 5.95. The minimum atomic E-state index is -1.03. The van der Waals surface area contributed by atoms with Crippen molar-refractivity contribution < 1.29 is 9.53 Å². The second-order valence-electron chi connectivity index (χ2n) is 7.70. The van der Waals surface area contributed by atoms with E-state index < -0.39 is 11.6 Å². The molecule has 2 atom stereocenters. The van der Waals surface area contributed by atoms with Crippen LogP contribution in [0.3, 0.4) is 0 Å². The molecule has 0 spiro atoms. The number of aromatic nitrogens is 3. The number of nitrogens with two attached hydrogens (primary N) is 1. The minimum absolute atomic E-state index is 0.0882. The van der Waals surface area contributed by atoms with E-state index in [9.17, 15) is 10.1 Å². The van der Waals surface area contributed by atoms with Crippen LogP contribution in [0.5, 0.6) is 0 Å². The van der Waals surface area contributed by atoms with E-state index in [0.29, 0.717) is 25.4 Å². The largest absolute Gasteiger partial charge is 0.374 e. The standard InChI is InChI=1S/C20H26N6O2/c1-20(2,22)19(27)23-16(13-28-12-14-6-4-3-5-7-14)18-25-24-17-9-8-15(10-21)11-26(17)18/h3-7,15-16H,8-9,11-13,22H2,1-2H3,(H,23,27)/t15?,16-/m1/s1. The molecule has 1 amide bonds. The lowest BCUT2D eigenvalue weighted by molar-refractivity contribution is -0.126. The van der Waals surface area contributed by atoms with E-state index in [2.05, 4.69) is 21.6 Å². The van der Waals surface area contributed by atoms with Gasteiger partial charge in [-0.3, -0.25) is 4.79 Å². The molecule has 1 aromatic heterocycles. The van der Waals surface area contributed by atoms with Crippen LogP contribution in [0.2, 0.25) is 0 Å². The molecule has 0 saturated carbocycles. The van der Waals surface area contributed by atoms with E-state index in [-0.39, 0.29) is 18.4 Å². The summed E-state index contributed by atoms with van der Waals surface area (Å²) in [4.78, 5) is 12.5. The lowest BCUT2D eigenvalue weighted by atomic mass is 10.0. The van der Waals surface area contributed by atoms with Gasteiger partial charge in [0.05, 0.1) is 30.7 Å². The fourth-order valence-corrected chi connectivity index (χ4v) is 3.11. The second kappa shape index (κ2) is 8.50. The summed E-state index contributed by atoms with van der Waals surface area (Å²) in [6.07, 6.45) is 1.46. The fraction of sp³-hybridized carbons (Fsp3) is 0.500. The van der Waals surface area contributed by atoms with Crippen molar-refractivity contribution in [2.24, 2.45) is 11.7 Å². The van der Waals surface area contributed by atoms with Gasteiger partial charge in [0.25, 0.3) is 0 Å². The predicted octanol–water partition coefficient (Wildman–Crippen LogP) is 1.48. The van der Waals surface area contributed by atoms with Gasteiger partial charge in [0.15, 0.2) is 5.82 Å². The third-order valence-electron chi connectivity index (χ3n) is 4.76. The maximum Gasteiger partial charge on any atom is 0.240 e. The van der Waals surface area contributed by atoms with Crippen LogP contribution in [0, 0.1) is 17.2 Å². The molecule has 3 N–H and O–H groups in total. The number of fused-ring (bicyclic) bond motifs is 1. The molecule has 0 aliphatic carbocycles. The van der Waals surface area contributed by atoms with Gasteiger partial charge in [0, 0.05) is 13.0 Å². The molecule has 8 heteroatoms. The summed E-state index contributed by atoms with van der Waals surface area (Å²) in [6, 6.07) is 11.6. The first-order valence-electron chi connectivity index (χ1n) is 9.41. The SMILES string of the molecule is CC(C)(N)C(=O)N[C@H](COCc1ccccc1)c1nnc2n1CC(C#N)CC2. The Morgan fingerprint density at radius 2 is 2.18 bits per heavy atom. The number of hydrogen-bond donors (Lipinski definition) is 2. The van der Waals surface area contributed by atoms with Crippen molar-refractivity contribution in [3.63, 3.8) is 0 Å². The van der Waals surface area contributed by atoms with Crippen LogP contribution in [0.4, 0.5) is 0 Å². The Labute approximate surface area is 164 Å². The zero-order valence-corrected chi connectivity index (χ0v) is 16.3. The molecule has 8 nitrogen and oxygen atoms in total. The summed E-state index contributed by atoms with van der Waals surface area (Å²) >= 11 is 0. The molecule has 0 radical (unpaired) electrons. The topological polar surface area (TPSA) is 119 Å². The lowest BCUT2D eigenvalue weighted by Gasteiger charge is -2.26. The van der Waals surface area contributed by atoms with Gasteiger partial charge in [-0.2, -0.15) is 5.26 Å². The molecule has 1 aliphatic heterocycles. The highest BCUT2D eigenvalue weighted by molar-refractivity contribution is 5.85. The molecule has 28 heavy (non-hydrogen) atoms. The molecule has 1 unspecified atom stereocenters. The average Bonchev–Trinajstić information content (AvgIpc) is 3.10. The molecule has 3 rings (SSSR count). The Kier molecular flexibility index (Phi) is 6.07. The number of amides is 1. The third-order valence-corrected chi connectivity index (χ3v) is 4.76. The van der Waals surface area contributed by atoms with E-state index in [1.54, 1.807) is 13.8 Å². The highest BCUT2D eigenvalue weighted by Gasteiger charge is 2.31. The molecule has 0 saturated heterocycles. The van der Waals surface area contributed by atoms with E-state index in [1.165, 1.54) is 0 Å². The van der Waals surface area contributed by atoms with Crippen molar-refractivity contribution >= 4 is 5.91 Å². The zero-order chi connectivity index (χ0) is 20.1. The van der Waals surface area contributed by atoms with Gasteiger partial charge in [-0.05, 0) is 25.8 Å². The van der Waals surface area contributed by atoms with E-state index >= 15 is 0 Å². The first kappa shape index (κ1) is 20.0. The Morgan fingerprint density at radius 1 is 1.43 bits per heavy atom. The van der Waals surface area contributed by atoms with E-state index in [4.69, 9.17) is 10.5 Å². The van der Waals surface area contributed by atoms with Gasteiger partial charge in [0.2, 0.25) is 5.91 Å². The lowest BCUT2D eigenvalue weighted by Crippen LogP contribution is -2.51. The monoisotopic (exact) mass is 382 g/mol. The van der Waals surface area contributed by atoms with Gasteiger partial charge in [-0.15, -0.1) is 10.2 Å². The number of nitrogens with zero attached hydrogens (tertiary/aromatic N) is 4. The molecule has 2 aromatic rings. The molecule has 0 bridgehead atoms. The number of ether oxygens (including phenoxy) is 1. The van der Waals surface area contributed by atoms with Crippen molar-refractivity contribution in [3.05, 3.63) is 47.5 Å². The van der Waals surface area contributed by atoms with Crippen LogP contribution in [0.25, 0.3) is 0 Å². The average molecular weight is 382 g/mol. The van der Waals surface area contributed by atoms with E-state index in [0.717, 1.165) is 17.8 Å². The highest BCUT2D eigenvalue weighted by atomic mass is 16.5. The minimum Gasteiger partial charge on any atom is -0.374 e. The fourth-order valence-electron chi connectivity index (χ4n) is 3.11. The van der Waals surface area contributed by atoms with Crippen LogP contribution in [0.15, 0.2) is 30.3 Å². The number of carbonyl (C=O) groups excluding carboxylic acids is 1. The summed E-state index contributed by atoms with van der Waals surface area (Å²) in [5.74, 6) is 1.04. The Morgan fingerprint density at radius 3 is 2.86 bits per heavy atom. The highest BCUT2D eigenvalue weighted by Crippen LogP contribution is 2.23. The number of hydrogen-bond acceptors (Lipinski definition) is 6. The van der Waals surface area contributed by atoms with Crippen LogP contribution >= 0.6 is 0 Å². The maximum absolute atomic E-state index is 12.5. The van der Waals surface area contributed by atoms with Crippen molar-refractivity contribution in [2.75, 3.05) is 6.61 Å². The molecule has 1 aliphatic rings. The molecule has 1 aromatic carbocycles. The maximum atomic E-state index is 12.5. The Hall–Kier alpha value is -2.76. The van der Waals surface area contributed by atoms with Gasteiger partial charge in [-0.25, -0.2) is 0 Å². The Bertz CT molecular complexity index is 850. The van der Waals surface area contributed by atoms with Gasteiger partial charge >= 0.3 is 0 Å². The van der Waals surface area contributed by atoms with Crippen LogP contribution < -0.4 is 11.1 Å². The number of aryl methyl sites for hydroxylation is 1. The molecule has 148 valence electrons. The van der Waals surface area contributed by atoms with Crippen molar-refractivity contribution in [3.8, 4) is 6.07 Å². The zero-order valence-electron chi connectivity index (χ0n) is 16.3. The van der Waals surface area contributed by atoms with Crippen molar-refractivity contribution in [1.29, 1.82) is 5.26 Å². The first-order chi connectivity index (χ1) is 13.4. The number of benzene rings is 1. The van der Waals surface area contributed by atoms with Crippen LogP contribution in [-0.2, 0) is 29.1 Å². The Balaban J connectivity index is 1.77. The van der Waals surface area contributed by atoms with Crippen molar-refractivity contribution in [1.82, 2.24) is 20.1 Å². The third kappa shape index (κ3) is 4.74. The normalized spacial score (nSPS) is 17.4. The van der Waals surface area contributed by atoms with Crippen molar-refractivity contribution in [2.45, 2.75) is 51.4 Å². The predicted molar refractivity (Wildman–Crippen MR) is 103 cm³/mol. The van der Waals surface area contributed by atoms with Crippen LogP contribution in [0.1, 0.15) is 43.5 Å². The number of nitriles is 1. The number of nitrogens with one attached hydrogen (secondary N) is 1. The summed E-state index contributed by atoms with van der Waals surface area (Å²) in [6.45, 7) is 4.46. The summed E-state index contributed by atoms with van der Waals surface area (Å²) in [7, 11) is 0. The first-order valence-corrected chi connectivity index (χ1v) is 9.41. The van der Waals surface area contributed by atoms with Crippen LogP contribution in [-0.4, -0.2) is 32.8 Å². The smallest absolute Gasteiger partial charge is 0.240 e. The summed E-state index contributed by atoms with van der Waals surface area (Å²) in [5, 5.41) is 20.8. The number of carbonyl (C=O) groups is 1. The molecule has 0 fully saturated rings. The van der Waals surface area contributed by atoms with Gasteiger partial charge in [-0.1, -0.05) is 30.3 Å². The van der Waals surface area contributed by atoms with Gasteiger partial charge in [0.1, 0.15) is 11.9 Å². The molecular weight excluding hydrogens is 356 g/mol.